The van der Waals surface area contributed by atoms with Crippen LogP contribution >= 0.6 is 0 Å². The van der Waals surface area contributed by atoms with Crippen molar-refractivity contribution in [3.8, 4) is 0 Å². The molecule has 0 saturated heterocycles. The number of rotatable bonds is 2. The average molecular weight is 295 g/mol. The first-order valence-electron chi connectivity index (χ1n) is 7.01. The zero-order valence-electron chi connectivity index (χ0n) is 11.7. The topological polar surface area (TPSA) is 30.7 Å². The third-order valence-electron chi connectivity index (χ3n) is 3.81. The predicted octanol–water partition coefficient (Wildman–Crippen LogP) is 3.47. The highest BCUT2D eigenvalue weighted by molar-refractivity contribution is 5.31. The molecule has 1 unspecified atom stereocenters. The van der Waals surface area contributed by atoms with Crippen LogP contribution in [0.2, 0.25) is 0 Å². The Labute approximate surface area is 120 Å². The summed E-state index contributed by atoms with van der Waals surface area (Å²) in [6, 6.07) is 5.61. The van der Waals surface area contributed by atoms with Crippen molar-refractivity contribution in [2.45, 2.75) is 38.9 Å². The standard InChI is InChI=1S/C15H16F3N3/c1-10-6-7-14-19-13(20-21(14)9-10)8-11-4-2-3-5-12(11)15(16,17)18/h2-5,10H,6-9H2,1H3. The lowest BCUT2D eigenvalue weighted by Gasteiger charge is -2.17. The smallest absolute Gasteiger partial charge is 0.250 e. The molecular weight excluding hydrogens is 279 g/mol. The molecule has 0 bridgehead atoms. The second kappa shape index (κ2) is 5.16. The molecule has 3 nitrogen and oxygen atoms in total. The number of nitrogens with zero attached hydrogens (tertiary/aromatic N) is 3. The van der Waals surface area contributed by atoms with E-state index in [4.69, 9.17) is 0 Å². The lowest BCUT2D eigenvalue weighted by atomic mass is 10.0. The summed E-state index contributed by atoms with van der Waals surface area (Å²) in [7, 11) is 0. The third-order valence-corrected chi connectivity index (χ3v) is 3.81. The first-order chi connectivity index (χ1) is 9.93. The van der Waals surface area contributed by atoms with E-state index in [-0.39, 0.29) is 12.0 Å². The molecule has 0 spiro atoms. The van der Waals surface area contributed by atoms with E-state index in [9.17, 15) is 13.2 Å². The Balaban J connectivity index is 1.88. The van der Waals surface area contributed by atoms with Gasteiger partial charge < -0.3 is 0 Å². The molecule has 112 valence electrons. The lowest BCUT2D eigenvalue weighted by Crippen LogP contribution is -2.18. The summed E-state index contributed by atoms with van der Waals surface area (Å²) >= 11 is 0. The molecule has 2 heterocycles. The van der Waals surface area contributed by atoms with Crippen LogP contribution in [-0.4, -0.2) is 14.8 Å². The summed E-state index contributed by atoms with van der Waals surface area (Å²) in [6.45, 7) is 2.94. The molecule has 1 aromatic heterocycles. The summed E-state index contributed by atoms with van der Waals surface area (Å²) in [5, 5.41) is 4.36. The van der Waals surface area contributed by atoms with Crippen molar-refractivity contribution in [2.24, 2.45) is 5.92 Å². The van der Waals surface area contributed by atoms with E-state index in [1.54, 1.807) is 6.07 Å². The summed E-state index contributed by atoms with van der Waals surface area (Å²) in [6.07, 6.45) is -2.33. The fourth-order valence-corrected chi connectivity index (χ4v) is 2.72. The van der Waals surface area contributed by atoms with E-state index in [0.717, 1.165) is 31.3 Å². The molecule has 0 amide bonds. The van der Waals surface area contributed by atoms with Gasteiger partial charge >= 0.3 is 6.18 Å². The van der Waals surface area contributed by atoms with Crippen molar-refractivity contribution < 1.29 is 13.2 Å². The SMILES string of the molecule is CC1CCc2nc(Cc3ccccc3C(F)(F)F)nn2C1. The van der Waals surface area contributed by atoms with Gasteiger partial charge in [0.15, 0.2) is 5.82 Å². The van der Waals surface area contributed by atoms with Gasteiger partial charge in [0, 0.05) is 19.4 Å². The van der Waals surface area contributed by atoms with Crippen molar-refractivity contribution in [3.63, 3.8) is 0 Å². The van der Waals surface area contributed by atoms with E-state index in [0.29, 0.717) is 11.7 Å². The Morgan fingerprint density at radius 3 is 2.81 bits per heavy atom. The third kappa shape index (κ3) is 2.94. The lowest BCUT2D eigenvalue weighted by molar-refractivity contribution is -0.138. The van der Waals surface area contributed by atoms with Crippen molar-refractivity contribution in [1.82, 2.24) is 14.8 Å². The maximum absolute atomic E-state index is 13.0. The molecule has 0 saturated carbocycles. The number of halogens is 3. The maximum Gasteiger partial charge on any atom is 0.416 e. The fourth-order valence-electron chi connectivity index (χ4n) is 2.72. The predicted molar refractivity (Wildman–Crippen MR) is 71.8 cm³/mol. The minimum Gasteiger partial charge on any atom is -0.250 e. The molecular formula is C15H16F3N3. The van der Waals surface area contributed by atoms with Gasteiger partial charge in [0.25, 0.3) is 0 Å². The van der Waals surface area contributed by atoms with E-state index in [1.807, 2.05) is 4.68 Å². The highest BCUT2D eigenvalue weighted by Gasteiger charge is 2.33. The van der Waals surface area contributed by atoms with Gasteiger partial charge in [0.2, 0.25) is 0 Å². The summed E-state index contributed by atoms with van der Waals surface area (Å²) in [4.78, 5) is 4.39. The van der Waals surface area contributed by atoms with Crippen LogP contribution in [-0.2, 0) is 25.6 Å². The number of benzene rings is 1. The summed E-state index contributed by atoms with van der Waals surface area (Å²) in [5.74, 6) is 1.89. The molecule has 0 radical (unpaired) electrons. The molecule has 1 aromatic carbocycles. The van der Waals surface area contributed by atoms with Gasteiger partial charge in [-0.3, -0.25) is 0 Å². The highest BCUT2D eigenvalue weighted by Crippen LogP contribution is 2.32. The molecule has 2 aromatic rings. The molecule has 3 rings (SSSR count). The first-order valence-corrected chi connectivity index (χ1v) is 7.01. The van der Waals surface area contributed by atoms with Gasteiger partial charge in [0.05, 0.1) is 5.56 Å². The summed E-state index contributed by atoms with van der Waals surface area (Å²) < 4.78 is 40.8. The fraction of sp³-hybridized carbons (Fsp3) is 0.467. The zero-order chi connectivity index (χ0) is 15.0. The molecule has 1 aliphatic rings. The number of alkyl halides is 3. The number of aryl methyl sites for hydroxylation is 1. The minimum absolute atomic E-state index is 0.115. The van der Waals surface area contributed by atoms with Crippen molar-refractivity contribution >= 4 is 0 Å². The Morgan fingerprint density at radius 2 is 2.05 bits per heavy atom. The average Bonchev–Trinajstić information content (AvgIpc) is 2.79. The molecule has 0 aliphatic carbocycles. The van der Waals surface area contributed by atoms with Crippen LogP contribution in [0.15, 0.2) is 24.3 Å². The first kappa shape index (κ1) is 14.1. The van der Waals surface area contributed by atoms with Gasteiger partial charge in [-0.25, -0.2) is 9.67 Å². The molecule has 6 heteroatoms. The largest absolute Gasteiger partial charge is 0.416 e. The van der Waals surface area contributed by atoms with Crippen molar-refractivity contribution in [1.29, 1.82) is 0 Å². The van der Waals surface area contributed by atoms with Gasteiger partial charge in [-0.1, -0.05) is 25.1 Å². The number of fused-ring (bicyclic) bond motifs is 1. The quantitative estimate of drug-likeness (QED) is 0.849. The molecule has 1 aliphatic heterocycles. The van der Waals surface area contributed by atoms with Crippen molar-refractivity contribution in [3.05, 3.63) is 47.0 Å². The van der Waals surface area contributed by atoms with Gasteiger partial charge in [-0.15, -0.1) is 0 Å². The van der Waals surface area contributed by atoms with Crippen LogP contribution in [0.25, 0.3) is 0 Å². The van der Waals surface area contributed by atoms with Crippen LogP contribution in [0.3, 0.4) is 0 Å². The van der Waals surface area contributed by atoms with Gasteiger partial charge in [0.1, 0.15) is 5.82 Å². The second-order valence-electron chi connectivity index (χ2n) is 5.60. The molecule has 0 N–H and O–H groups in total. The number of hydrogen-bond acceptors (Lipinski definition) is 2. The Morgan fingerprint density at radius 1 is 1.29 bits per heavy atom. The van der Waals surface area contributed by atoms with E-state index >= 15 is 0 Å². The Kier molecular flexibility index (Phi) is 3.47. The maximum atomic E-state index is 13.0. The van der Waals surface area contributed by atoms with E-state index in [1.165, 1.54) is 12.1 Å². The Hall–Kier alpha value is -1.85. The monoisotopic (exact) mass is 295 g/mol. The molecule has 0 fully saturated rings. The van der Waals surface area contributed by atoms with E-state index < -0.39 is 11.7 Å². The van der Waals surface area contributed by atoms with Gasteiger partial charge in [-0.05, 0) is 24.0 Å². The zero-order valence-corrected chi connectivity index (χ0v) is 11.7. The van der Waals surface area contributed by atoms with Crippen LogP contribution < -0.4 is 0 Å². The molecule has 21 heavy (non-hydrogen) atoms. The van der Waals surface area contributed by atoms with Crippen LogP contribution in [0.1, 0.15) is 36.1 Å². The summed E-state index contributed by atoms with van der Waals surface area (Å²) in [5.41, 5.74) is -0.382. The molecule has 1 atom stereocenters. The second-order valence-corrected chi connectivity index (χ2v) is 5.60. The van der Waals surface area contributed by atoms with Gasteiger partial charge in [-0.2, -0.15) is 18.3 Å². The van der Waals surface area contributed by atoms with Crippen LogP contribution in [0.5, 0.6) is 0 Å². The number of hydrogen-bond donors (Lipinski definition) is 0. The highest BCUT2D eigenvalue weighted by atomic mass is 19.4. The minimum atomic E-state index is -4.34. The van der Waals surface area contributed by atoms with Crippen LogP contribution in [0, 0.1) is 5.92 Å². The van der Waals surface area contributed by atoms with Crippen LogP contribution in [0.4, 0.5) is 13.2 Å². The van der Waals surface area contributed by atoms with E-state index in [2.05, 4.69) is 17.0 Å². The normalized spacial score (nSPS) is 18.6. The number of aromatic nitrogens is 3. The Bertz CT molecular complexity index is 646. The van der Waals surface area contributed by atoms with Crippen molar-refractivity contribution in [2.75, 3.05) is 0 Å².